The maximum Gasteiger partial charge on any atom is 0.314 e. The Balaban J connectivity index is 2.11. The predicted molar refractivity (Wildman–Crippen MR) is 62.5 cm³/mol. The Morgan fingerprint density at radius 3 is 2.39 bits per heavy atom. The summed E-state index contributed by atoms with van der Waals surface area (Å²) < 4.78 is 16.2. The number of rotatable bonds is 3. The first-order valence-corrected chi connectivity index (χ1v) is 5.89. The van der Waals surface area contributed by atoms with E-state index in [0.717, 1.165) is 0 Å². The van der Waals surface area contributed by atoms with Crippen LogP contribution < -0.4 is 14.2 Å². The van der Waals surface area contributed by atoms with Gasteiger partial charge in [-0.3, -0.25) is 4.79 Å². The normalized spacial score (nSPS) is 19.2. The molecule has 0 atom stereocenters. The van der Waals surface area contributed by atoms with Gasteiger partial charge in [-0.25, -0.2) is 0 Å². The molecule has 1 fully saturated rings. The quantitative estimate of drug-likeness (QED) is 0.882. The van der Waals surface area contributed by atoms with Gasteiger partial charge < -0.3 is 19.3 Å². The molecule has 2 aliphatic rings. The molecule has 0 spiro atoms. The Hall–Kier alpha value is -1.91. The van der Waals surface area contributed by atoms with Gasteiger partial charge in [0.1, 0.15) is 19.0 Å². The third-order valence-electron chi connectivity index (χ3n) is 3.54. The summed E-state index contributed by atoms with van der Waals surface area (Å²) in [5.74, 6) is 0.962. The van der Waals surface area contributed by atoms with Gasteiger partial charge in [-0.2, -0.15) is 0 Å². The van der Waals surface area contributed by atoms with Crippen LogP contribution in [0.3, 0.4) is 0 Å². The van der Waals surface area contributed by atoms with Crippen molar-refractivity contribution < 1.29 is 24.1 Å². The second-order valence-corrected chi connectivity index (χ2v) is 4.58. The average molecular weight is 250 g/mol. The smallest absolute Gasteiger partial charge is 0.314 e. The summed E-state index contributed by atoms with van der Waals surface area (Å²) in [4.78, 5) is 11.4. The molecule has 1 heterocycles. The van der Waals surface area contributed by atoms with Crippen molar-refractivity contribution in [1.29, 1.82) is 0 Å². The molecular formula is C13H14O5. The number of hydrogen-bond donors (Lipinski definition) is 1. The van der Waals surface area contributed by atoms with Gasteiger partial charge in [-0.1, -0.05) is 0 Å². The molecule has 0 amide bonds. The fourth-order valence-electron chi connectivity index (χ4n) is 2.34. The van der Waals surface area contributed by atoms with Crippen molar-refractivity contribution in [2.75, 3.05) is 20.3 Å². The third-order valence-corrected chi connectivity index (χ3v) is 3.54. The molecule has 1 aromatic rings. The van der Waals surface area contributed by atoms with Crippen molar-refractivity contribution in [1.82, 2.24) is 0 Å². The monoisotopic (exact) mass is 250 g/mol. The maximum absolute atomic E-state index is 11.4. The van der Waals surface area contributed by atoms with E-state index in [1.54, 1.807) is 12.1 Å². The summed E-state index contributed by atoms with van der Waals surface area (Å²) in [5, 5.41) is 9.35. The topological polar surface area (TPSA) is 65.0 Å². The maximum atomic E-state index is 11.4. The van der Waals surface area contributed by atoms with E-state index in [9.17, 15) is 9.90 Å². The molecule has 1 aromatic carbocycles. The summed E-state index contributed by atoms with van der Waals surface area (Å²) in [6.07, 6.45) is 1.27. The highest BCUT2D eigenvalue weighted by Crippen LogP contribution is 2.54. The molecule has 1 N–H and O–H groups in total. The van der Waals surface area contributed by atoms with Crippen LogP contribution in [0, 0.1) is 0 Å². The summed E-state index contributed by atoms with van der Waals surface area (Å²) in [7, 11) is 1.53. The van der Waals surface area contributed by atoms with E-state index in [1.807, 2.05) is 0 Å². The van der Waals surface area contributed by atoms with Gasteiger partial charge in [-0.05, 0) is 18.9 Å². The zero-order chi connectivity index (χ0) is 12.8. The molecule has 0 unspecified atom stereocenters. The van der Waals surface area contributed by atoms with Crippen molar-refractivity contribution >= 4 is 5.97 Å². The van der Waals surface area contributed by atoms with E-state index >= 15 is 0 Å². The van der Waals surface area contributed by atoms with Crippen LogP contribution in [0.25, 0.3) is 0 Å². The van der Waals surface area contributed by atoms with Crippen LogP contribution in [0.2, 0.25) is 0 Å². The fourth-order valence-corrected chi connectivity index (χ4v) is 2.34. The molecule has 0 aromatic heterocycles. The molecule has 1 aliphatic heterocycles. The van der Waals surface area contributed by atoms with Gasteiger partial charge >= 0.3 is 5.97 Å². The third kappa shape index (κ3) is 1.50. The minimum absolute atomic E-state index is 0.485. The van der Waals surface area contributed by atoms with Crippen LogP contribution in [0.1, 0.15) is 18.4 Å². The van der Waals surface area contributed by atoms with E-state index < -0.39 is 11.4 Å². The molecular weight excluding hydrogens is 236 g/mol. The number of carbonyl (C=O) groups is 1. The number of fused-ring (bicyclic) bond motifs is 1. The number of carboxylic acid groups (broad SMARTS) is 1. The van der Waals surface area contributed by atoms with E-state index in [1.165, 1.54) is 7.11 Å². The van der Waals surface area contributed by atoms with E-state index in [4.69, 9.17) is 14.2 Å². The average Bonchev–Trinajstić information content (AvgIpc) is 3.18. The lowest BCUT2D eigenvalue weighted by atomic mass is 9.94. The molecule has 5 heteroatoms. The highest BCUT2D eigenvalue weighted by molar-refractivity contribution is 5.86. The lowest BCUT2D eigenvalue weighted by Gasteiger charge is -2.22. The highest BCUT2D eigenvalue weighted by Gasteiger charge is 2.53. The van der Waals surface area contributed by atoms with Crippen LogP contribution >= 0.6 is 0 Å². The standard InChI is InChI=1S/C13H14O5/c1-16-9-7-11-10(17-4-5-18-11)6-8(9)13(2-3-13)12(14)15/h6-7H,2-5H2,1H3,(H,14,15). The van der Waals surface area contributed by atoms with Crippen LogP contribution in [-0.4, -0.2) is 31.4 Å². The molecule has 5 nitrogen and oxygen atoms in total. The predicted octanol–water partition coefficient (Wildman–Crippen LogP) is 1.58. The van der Waals surface area contributed by atoms with Gasteiger partial charge in [0, 0.05) is 11.6 Å². The highest BCUT2D eigenvalue weighted by atomic mass is 16.6. The summed E-state index contributed by atoms with van der Waals surface area (Å²) in [6.45, 7) is 0.985. The Bertz CT molecular complexity index is 504. The lowest BCUT2D eigenvalue weighted by molar-refractivity contribution is -0.140. The SMILES string of the molecule is COc1cc2c(cc1C1(C(=O)O)CC1)OCCO2. The van der Waals surface area contributed by atoms with Crippen molar-refractivity contribution in [3.63, 3.8) is 0 Å². The molecule has 1 saturated carbocycles. The van der Waals surface area contributed by atoms with Gasteiger partial charge in [0.05, 0.1) is 12.5 Å². The number of carboxylic acids is 1. The Morgan fingerprint density at radius 2 is 1.89 bits per heavy atom. The van der Waals surface area contributed by atoms with Gasteiger partial charge in [-0.15, -0.1) is 0 Å². The van der Waals surface area contributed by atoms with Gasteiger partial charge in [0.15, 0.2) is 11.5 Å². The Morgan fingerprint density at radius 1 is 1.28 bits per heavy atom. The van der Waals surface area contributed by atoms with Crippen LogP contribution in [0.5, 0.6) is 17.2 Å². The second kappa shape index (κ2) is 3.80. The lowest BCUT2D eigenvalue weighted by Crippen LogP contribution is -2.22. The summed E-state index contributed by atoms with van der Waals surface area (Å²) >= 11 is 0. The van der Waals surface area contributed by atoms with Gasteiger partial charge in [0.25, 0.3) is 0 Å². The molecule has 96 valence electrons. The van der Waals surface area contributed by atoms with E-state index in [2.05, 4.69) is 0 Å². The summed E-state index contributed by atoms with van der Waals surface area (Å²) in [5.41, 5.74) is -0.122. The van der Waals surface area contributed by atoms with Crippen molar-refractivity contribution in [2.45, 2.75) is 18.3 Å². The van der Waals surface area contributed by atoms with Crippen molar-refractivity contribution in [2.24, 2.45) is 0 Å². The van der Waals surface area contributed by atoms with Crippen molar-refractivity contribution in [3.05, 3.63) is 17.7 Å². The minimum atomic E-state index is -0.808. The van der Waals surface area contributed by atoms with Gasteiger partial charge in [0.2, 0.25) is 0 Å². The Kier molecular flexibility index (Phi) is 2.36. The molecule has 0 radical (unpaired) electrons. The Labute approximate surface area is 104 Å². The number of hydrogen-bond acceptors (Lipinski definition) is 4. The van der Waals surface area contributed by atoms with Crippen LogP contribution in [0.15, 0.2) is 12.1 Å². The fraction of sp³-hybridized carbons (Fsp3) is 0.462. The molecule has 1 aliphatic carbocycles. The van der Waals surface area contributed by atoms with Crippen LogP contribution in [0.4, 0.5) is 0 Å². The first kappa shape index (κ1) is 11.2. The zero-order valence-electron chi connectivity index (χ0n) is 10.1. The molecule has 18 heavy (non-hydrogen) atoms. The molecule has 3 rings (SSSR count). The van der Waals surface area contributed by atoms with E-state index in [-0.39, 0.29) is 0 Å². The summed E-state index contributed by atoms with van der Waals surface area (Å²) in [6, 6.07) is 3.46. The first-order chi connectivity index (χ1) is 8.67. The largest absolute Gasteiger partial charge is 0.496 e. The van der Waals surface area contributed by atoms with Crippen LogP contribution in [-0.2, 0) is 10.2 Å². The molecule has 0 saturated heterocycles. The second-order valence-electron chi connectivity index (χ2n) is 4.58. The molecule has 0 bridgehead atoms. The van der Waals surface area contributed by atoms with Crippen molar-refractivity contribution in [3.8, 4) is 17.2 Å². The number of aliphatic carboxylic acids is 1. The minimum Gasteiger partial charge on any atom is -0.496 e. The first-order valence-electron chi connectivity index (χ1n) is 5.89. The number of methoxy groups -OCH3 is 1. The zero-order valence-corrected chi connectivity index (χ0v) is 10.1. The number of ether oxygens (including phenoxy) is 3. The van der Waals surface area contributed by atoms with E-state index in [0.29, 0.717) is 48.9 Å². The number of benzene rings is 1.